The topological polar surface area (TPSA) is 107 Å². The quantitative estimate of drug-likeness (QED) is 0.359. The number of methoxy groups -OCH3 is 4. The number of nitrogens with one attached hydrogen (secondary N) is 3. The lowest BCUT2D eigenvalue weighted by molar-refractivity contribution is 0.0975. The van der Waals surface area contributed by atoms with Gasteiger partial charge in [0.15, 0.2) is 16.6 Å². The fourth-order valence-electron chi connectivity index (χ4n) is 3.26. The van der Waals surface area contributed by atoms with Gasteiger partial charge >= 0.3 is 0 Å². The molecular formula is C25H24ClN3O6S. The van der Waals surface area contributed by atoms with Gasteiger partial charge in [0.05, 0.1) is 44.7 Å². The monoisotopic (exact) mass is 529 g/mol. The molecule has 0 unspecified atom stereocenters. The van der Waals surface area contributed by atoms with Crippen molar-refractivity contribution in [2.45, 2.75) is 0 Å². The summed E-state index contributed by atoms with van der Waals surface area (Å²) in [5, 5.41) is 8.67. The van der Waals surface area contributed by atoms with E-state index >= 15 is 0 Å². The number of halogens is 1. The van der Waals surface area contributed by atoms with E-state index in [0.29, 0.717) is 45.0 Å². The van der Waals surface area contributed by atoms with Gasteiger partial charge < -0.3 is 29.6 Å². The molecule has 2 amide bonds. The largest absolute Gasteiger partial charge is 0.494 e. The van der Waals surface area contributed by atoms with Crippen LogP contribution < -0.4 is 34.9 Å². The minimum Gasteiger partial charge on any atom is -0.494 e. The predicted molar refractivity (Wildman–Crippen MR) is 142 cm³/mol. The van der Waals surface area contributed by atoms with Gasteiger partial charge in [0.2, 0.25) is 5.75 Å². The van der Waals surface area contributed by atoms with Gasteiger partial charge in [0, 0.05) is 17.3 Å². The number of rotatable bonds is 8. The smallest absolute Gasteiger partial charge is 0.257 e. The Balaban J connectivity index is 1.71. The highest BCUT2D eigenvalue weighted by molar-refractivity contribution is 7.80. The van der Waals surface area contributed by atoms with Crippen molar-refractivity contribution in [1.29, 1.82) is 0 Å². The molecular weight excluding hydrogens is 506 g/mol. The Morgan fingerprint density at radius 1 is 0.778 bits per heavy atom. The van der Waals surface area contributed by atoms with Gasteiger partial charge in [-0.25, -0.2) is 0 Å². The van der Waals surface area contributed by atoms with Gasteiger partial charge in [0.25, 0.3) is 11.8 Å². The zero-order chi connectivity index (χ0) is 26.2. The summed E-state index contributed by atoms with van der Waals surface area (Å²) in [6.07, 6.45) is 0. The van der Waals surface area contributed by atoms with Crippen LogP contribution in [-0.2, 0) is 0 Å². The Morgan fingerprint density at radius 3 is 2.00 bits per heavy atom. The van der Waals surface area contributed by atoms with Crippen LogP contribution in [0.4, 0.5) is 11.4 Å². The first-order valence-electron chi connectivity index (χ1n) is 10.5. The number of ether oxygens (including phenoxy) is 4. The summed E-state index contributed by atoms with van der Waals surface area (Å²) in [5.74, 6) is 0.542. The highest BCUT2D eigenvalue weighted by Crippen LogP contribution is 2.38. The first-order valence-corrected chi connectivity index (χ1v) is 11.3. The molecule has 36 heavy (non-hydrogen) atoms. The molecule has 0 aliphatic carbocycles. The molecule has 3 rings (SSSR count). The summed E-state index contributed by atoms with van der Waals surface area (Å²) in [4.78, 5) is 25.4. The van der Waals surface area contributed by atoms with Crippen LogP contribution in [0, 0.1) is 0 Å². The van der Waals surface area contributed by atoms with E-state index in [4.69, 9.17) is 42.8 Å². The maximum absolute atomic E-state index is 12.8. The zero-order valence-electron chi connectivity index (χ0n) is 19.9. The second-order valence-corrected chi connectivity index (χ2v) is 7.99. The summed E-state index contributed by atoms with van der Waals surface area (Å²) in [7, 11) is 5.86. The Hall–Kier alpha value is -4.02. The second kappa shape index (κ2) is 12.1. The number of carbonyl (C=O) groups is 2. The fraction of sp³-hybridized carbons (Fsp3) is 0.160. The Morgan fingerprint density at radius 2 is 1.42 bits per heavy atom. The van der Waals surface area contributed by atoms with Gasteiger partial charge in [0.1, 0.15) is 5.75 Å². The third kappa shape index (κ3) is 6.15. The van der Waals surface area contributed by atoms with Gasteiger partial charge in [-0.1, -0.05) is 23.7 Å². The molecule has 0 heterocycles. The van der Waals surface area contributed by atoms with E-state index in [2.05, 4.69) is 16.0 Å². The molecule has 0 aliphatic rings. The van der Waals surface area contributed by atoms with E-state index in [-0.39, 0.29) is 16.6 Å². The van der Waals surface area contributed by atoms with Crippen molar-refractivity contribution >= 4 is 52.1 Å². The van der Waals surface area contributed by atoms with E-state index in [9.17, 15) is 9.59 Å². The van der Waals surface area contributed by atoms with Crippen LogP contribution >= 0.6 is 23.8 Å². The summed E-state index contributed by atoms with van der Waals surface area (Å²) in [5.41, 5.74) is 1.54. The first-order chi connectivity index (χ1) is 17.3. The van der Waals surface area contributed by atoms with E-state index in [1.807, 2.05) is 0 Å². The molecule has 11 heteroatoms. The summed E-state index contributed by atoms with van der Waals surface area (Å²) in [6, 6.07) is 14.7. The van der Waals surface area contributed by atoms with E-state index in [1.165, 1.54) is 40.6 Å². The molecule has 0 aromatic heterocycles. The van der Waals surface area contributed by atoms with Gasteiger partial charge in [-0.2, -0.15) is 0 Å². The maximum Gasteiger partial charge on any atom is 0.257 e. The normalized spacial score (nSPS) is 10.1. The van der Waals surface area contributed by atoms with Gasteiger partial charge in [-0.3, -0.25) is 14.9 Å². The molecule has 3 aromatic carbocycles. The van der Waals surface area contributed by atoms with Crippen molar-refractivity contribution in [3.8, 4) is 23.0 Å². The van der Waals surface area contributed by atoms with Crippen LogP contribution in [-0.4, -0.2) is 45.4 Å². The molecule has 0 fully saturated rings. The average Bonchev–Trinajstić information content (AvgIpc) is 2.88. The predicted octanol–water partition coefficient (Wildman–Crippen LogP) is 4.75. The van der Waals surface area contributed by atoms with Crippen molar-refractivity contribution in [3.63, 3.8) is 0 Å². The molecule has 0 saturated carbocycles. The molecule has 0 spiro atoms. The van der Waals surface area contributed by atoms with Crippen molar-refractivity contribution in [3.05, 3.63) is 70.7 Å². The molecule has 0 radical (unpaired) electrons. The minimum absolute atomic E-state index is 0.0451. The van der Waals surface area contributed by atoms with Crippen LogP contribution in [0.1, 0.15) is 20.7 Å². The van der Waals surface area contributed by atoms with Crippen LogP contribution in [0.15, 0.2) is 54.6 Å². The van der Waals surface area contributed by atoms with E-state index in [0.717, 1.165) is 0 Å². The third-order valence-electron chi connectivity index (χ3n) is 4.98. The fourth-order valence-corrected chi connectivity index (χ4v) is 3.69. The van der Waals surface area contributed by atoms with E-state index in [1.54, 1.807) is 42.5 Å². The summed E-state index contributed by atoms with van der Waals surface area (Å²) >= 11 is 11.4. The molecule has 0 saturated heterocycles. The Bertz CT molecular complexity index is 1280. The van der Waals surface area contributed by atoms with Crippen LogP contribution in [0.25, 0.3) is 0 Å². The number of hydrogen-bond donors (Lipinski definition) is 3. The zero-order valence-corrected chi connectivity index (χ0v) is 21.5. The highest BCUT2D eigenvalue weighted by Gasteiger charge is 2.18. The minimum atomic E-state index is -0.484. The molecule has 0 atom stereocenters. The van der Waals surface area contributed by atoms with Crippen molar-refractivity contribution < 1.29 is 28.5 Å². The van der Waals surface area contributed by atoms with Crippen molar-refractivity contribution in [2.75, 3.05) is 39.1 Å². The summed E-state index contributed by atoms with van der Waals surface area (Å²) < 4.78 is 21.2. The molecule has 3 aromatic rings. The Kier molecular flexibility index (Phi) is 8.93. The van der Waals surface area contributed by atoms with E-state index < -0.39 is 5.91 Å². The first kappa shape index (κ1) is 26.6. The lowest BCUT2D eigenvalue weighted by Crippen LogP contribution is -2.34. The van der Waals surface area contributed by atoms with Crippen LogP contribution in [0.5, 0.6) is 23.0 Å². The number of hydrogen-bond acceptors (Lipinski definition) is 7. The van der Waals surface area contributed by atoms with Crippen molar-refractivity contribution in [2.24, 2.45) is 0 Å². The SMILES string of the molecule is COc1cc(NC(=S)NC(=O)c2cc(OC)c(OC)c(OC)c2)ccc1NC(=O)c1ccccc1Cl. The van der Waals surface area contributed by atoms with Gasteiger partial charge in [-0.15, -0.1) is 0 Å². The lowest BCUT2D eigenvalue weighted by atomic mass is 10.1. The van der Waals surface area contributed by atoms with Gasteiger partial charge in [-0.05, 0) is 48.6 Å². The Labute approximate surface area is 218 Å². The molecule has 0 bridgehead atoms. The average molecular weight is 530 g/mol. The lowest BCUT2D eigenvalue weighted by Gasteiger charge is -2.15. The number of anilines is 2. The molecule has 188 valence electrons. The summed E-state index contributed by atoms with van der Waals surface area (Å²) in [6.45, 7) is 0. The van der Waals surface area contributed by atoms with Crippen molar-refractivity contribution in [1.82, 2.24) is 5.32 Å². The highest BCUT2D eigenvalue weighted by atomic mass is 35.5. The van der Waals surface area contributed by atoms with Crippen LogP contribution in [0.3, 0.4) is 0 Å². The number of amides is 2. The number of carbonyl (C=O) groups excluding carboxylic acids is 2. The molecule has 3 N–H and O–H groups in total. The number of benzene rings is 3. The molecule has 9 nitrogen and oxygen atoms in total. The maximum atomic E-state index is 12.8. The number of thiocarbonyl (C=S) groups is 1. The standard InChI is InChI=1S/C25H24ClN3O6S/c1-32-19-13-15(9-10-18(19)28-24(31)16-7-5-6-8-17(16)26)27-25(36)29-23(30)14-11-20(33-2)22(35-4)21(12-14)34-3/h5-13H,1-4H3,(H,28,31)(H2,27,29,30,36). The third-order valence-corrected chi connectivity index (χ3v) is 5.51. The van der Waals surface area contributed by atoms with Crippen LogP contribution in [0.2, 0.25) is 5.02 Å². The molecule has 0 aliphatic heterocycles. The second-order valence-electron chi connectivity index (χ2n) is 7.17.